The molecule has 0 unspecified atom stereocenters. The predicted molar refractivity (Wildman–Crippen MR) is 106 cm³/mol. The number of phenolic OH excluding ortho intramolecular Hbond substituents is 1. The Morgan fingerprint density at radius 2 is 1.96 bits per heavy atom. The molecule has 0 spiro atoms. The minimum atomic E-state index is -0.533. The number of hydrogen-bond donors (Lipinski definition) is 1. The molecule has 8 heteroatoms. The Labute approximate surface area is 163 Å². The Kier molecular flexibility index (Phi) is 4.50. The first-order chi connectivity index (χ1) is 13.5. The maximum absolute atomic E-state index is 10.9. The molecule has 0 aliphatic carbocycles. The minimum absolute atomic E-state index is 0.0992. The summed E-state index contributed by atoms with van der Waals surface area (Å²) in [6.45, 7) is 0. The summed E-state index contributed by atoms with van der Waals surface area (Å²) in [5, 5.41) is 21.3. The van der Waals surface area contributed by atoms with Gasteiger partial charge < -0.3 is 9.52 Å². The number of nitro groups is 1. The molecular formula is C20H12ClN3O4. The largest absolute Gasteiger partial charge is 0.507 e. The van der Waals surface area contributed by atoms with E-state index in [0.29, 0.717) is 33.3 Å². The van der Waals surface area contributed by atoms with Gasteiger partial charge in [0.05, 0.1) is 21.2 Å². The van der Waals surface area contributed by atoms with Gasteiger partial charge in [0.15, 0.2) is 5.58 Å². The molecule has 4 rings (SSSR count). The summed E-state index contributed by atoms with van der Waals surface area (Å²) >= 11 is 6.19. The van der Waals surface area contributed by atoms with E-state index in [4.69, 9.17) is 16.0 Å². The summed E-state index contributed by atoms with van der Waals surface area (Å²) in [5.74, 6) is 0.302. The van der Waals surface area contributed by atoms with Crippen molar-refractivity contribution >= 4 is 40.3 Å². The first-order valence-electron chi connectivity index (χ1n) is 8.18. The van der Waals surface area contributed by atoms with Gasteiger partial charge in [-0.15, -0.1) is 0 Å². The van der Waals surface area contributed by atoms with Crippen LogP contribution >= 0.6 is 11.6 Å². The van der Waals surface area contributed by atoms with Crippen LogP contribution in [0, 0.1) is 10.1 Å². The van der Waals surface area contributed by atoms with Gasteiger partial charge >= 0.3 is 0 Å². The average molecular weight is 394 g/mol. The third-order valence-corrected chi connectivity index (χ3v) is 4.38. The van der Waals surface area contributed by atoms with Crippen molar-refractivity contribution in [1.82, 2.24) is 4.98 Å². The van der Waals surface area contributed by atoms with Crippen molar-refractivity contribution in [3.8, 4) is 17.2 Å². The highest BCUT2D eigenvalue weighted by molar-refractivity contribution is 6.33. The number of rotatable bonds is 4. The normalized spacial score (nSPS) is 11.3. The number of aromatic nitrogens is 1. The van der Waals surface area contributed by atoms with E-state index < -0.39 is 4.92 Å². The summed E-state index contributed by atoms with van der Waals surface area (Å²) < 4.78 is 5.75. The SMILES string of the molecule is O=[N+]([O-])c1ccc(O)c(C=Nc2ccc3oc(-c4ccccc4Cl)nc3c2)c1. The summed E-state index contributed by atoms with van der Waals surface area (Å²) in [6.07, 6.45) is 1.36. The van der Waals surface area contributed by atoms with Gasteiger partial charge in [0.25, 0.3) is 5.69 Å². The van der Waals surface area contributed by atoms with E-state index in [1.807, 2.05) is 18.2 Å². The molecule has 0 saturated heterocycles. The van der Waals surface area contributed by atoms with Crippen molar-refractivity contribution in [3.05, 3.63) is 81.4 Å². The number of nitrogens with zero attached hydrogens (tertiary/aromatic N) is 3. The van der Waals surface area contributed by atoms with E-state index in [2.05, 4.69) is 9.98 Å². The standard InChI is InChI=1S/C20H12ClN3O4/c21-16-4-2-1-3-15(16)20-23-17-10-13(5-8-19(17)28-20)22-11-12-9-14(24(26)27)6-7-18(12)25/h1-11,25H. The van der Waals surface area contributed by atoms with Gasteiger partial charge in [-0.1, -0.05) is 23.7 Å². The summed E-state index contributed by atoms with van der Waals surface area (Å²) in [4.78, 5) is 19.1. The number of fused-ring (bicyclic) bond motifs is 1. The number of nitro benzene ring substituents is 1. The second-order valence-corrected chi connectivity index (χ2v) is 6.32. The first kappa shape index (κ1) is 17.7. The molecule has 0 radical (unpaired) electrons. The van der Waals surface area contributed by atoms with Crippen molar-refractivity contribution in [3.63, 3.8) is 0 Å². The highest BCUT2D eigenvalue weighted by Crippen LogP contribution is 2.31. The minimum Gasteiger partial charge on any atom is -0.507 e. The molecular weight excluding hydrogens is 382 g/mol. The number of non-ortho nitro benzene ring substituents is 1. The molecule has 28 heavy (non-hydrogen) atoms. The smallest absolute Gasteiger partial charge is 0.270 e. The van der Waals surface area contributed by atoms with Gasteiger partial charge in [-0.05, 0) is 36.4 Å². The maximum atomic E-state index is 10.9. The number of aliphatic imine (C=N–C) groups is 1. The Bertz CT molecular complexity index is 1230. The third kappa shape index (κ3) is 3.43. The van der Waals surface area contributed by atoms with Crippen LogP contribution < -0.4 is 0 Å². The molecule has 0 bridgehead atoms. The average Bonchev–Trinajstić information content (AvgIpc) is 3.10. The van der Waals surface area contributed by atoms with Crippen molar-refractivity contribution in [2.24, 2.45) is 4.99 Å². The summed E-state index contributed by atoms with van der Waals surface area (Å²) in [7, 11) is 0. The van der Waals surface area contributed by atoms with Crippen LogP contribution in [0.4, 0.5) is 11.4 Å². The van der Waals surface area contributed by atoms with E-state index in [-0.39, 0.29) is 17.0 Å². The topological polar surface area (TPSA) is 102 Å². The number of phenols is 1. The van der Waals surface area contributed by atoms with Gasteiger partial charge in [0.2, 0.25) is 5.89 Å². The van der Waals surface area contributed by atoms with E-state index >= 15 is 0 Å². The molecule has 1 heterocycles. The molecule has 3 aromatic carbocycles. The molecule has 0 fully saturated rings. The van der Waals surface area contributed by atoms with Crippen LogP contribution in [0.2, 0.25) is 5.02 Å². The van der Waals surface area contributed by atoms with Crippen LogP contribution in [0.5, 0.6) is 5.75 Å². The maximum Gasteiger partial charge on any atom is 0.270 e. The van der Waals surface area contributed by atoms with Crippen LogP contribution in [-0.4, -0.2) is 21.2 Å². The van der Waals surface area contributed by atoms with Crippen LogP contribution in [0.15, 0.2) is 70.1 Å². The highest BCUT2D eigenvalue weighted by atomic mass is 35.5. The lowest BCUT2D eigenvalue weighted by atomic mass is 10.2. The monoisotopic (exact) mass is 393 g/mol. The van der Waals surface area contributed by atoms with Gasteiger partial charge in [0, 0.05) is 23.9 Å². The fourth-order valence-corrected chi connectivity index (χ4v) is 2.87. The number of oxazole rings is 1. The number of hydrogen-bond acceptors (Lipinski definition) is 6. The molecule has 0 aliphatic heterocycles. The molecule has 1 aromatic heterocycles. The molecule has 138 valence electrons. The van der Waals surface area contributed by atoms with Gasteiger partial charge in [-0.3, -0.25) is 15.1 Å². The van der Waals surface area contributed by atoms with Crippen molar-refractivity contribution < 1.29 is 14.4 Å². The molecule has 0 amide bonds. The Hall–Kier alpha value is -3.71. The lowest BCUT2D eigenvalue weighted by molar-refractivity contribution is -0.384. The van der Waals surface area contributed by atoms with Crippen LogP contribution in [0.25, 0.3) is 22.6 Å². The van der Waals surface area contributed by atoms with Gasteiger partial charge in [0.1, 0.15) is 11.3 Å². The molecule has 0 saturated carbocycles. The van der Waals surface area contributed by atoms with Crippen molar-refractivity contribution in [1.29, 1.82) is 0 Å². The second-order valence-electron chi connectivity index (χ2n) is 5.91. The van der Waals surface area contributed by atoms with Crippen LogP contribution in [-0.2, 0) is 0 Å². The van der Waals surface area contributed by atoms with Gasteiger partial charge in [-0.2, -0.15) is 0 Å². The molecule has 4 aromatic rings. The number of aromatic hydroxyl groups is 1. The fraction of sp³-hybridized carbons (Fsp3) is 0. The van der Waals surface area contributed by atoms with Crippen molar-refractivity contribution in [2.75, 3.05) is 0 Å². The summed E-state index contributed by atoms with van der Waals surface area (Å²) in [5.41, 5.74) is 2.52. The zero-order chi connectivity index (χ0) is 19.7. The molecule has 0 atom stereocenters. The molecule has 1 N–H and O–H groups in total. The Balaban J connectivity index is 1.67. The second kappa shape index (κ2) is 7.13. The fourth-order valence-electron chi connectivity index (χ4n) is 2.65. The predicted octanol–water partition coefficient (Wildman–Crippen LogP) is 5.51. The lowest BCUT2D eigenvalue weighted by Gasteiger charge is -1.99. The summed E-state index contributed by atoms with van der Waals surface area (Å²) in [6, 6.07) is 16.1. The number of benzene rings is 3. The Morgan fingerprint density at radius 1 is 1.14 bits per heavy atom. The van der Waals surface area contributed by atoms with Crippen molar-refractivity contribution in [2.45, 2.75) is 0 Å². The van der Waals surface area contributed by atoms with E-state index in [1.54, 1.807) is 24.3 Å². The van der Waals surface area contributed by atoms with E-state index in [1.165, 1.54) is 24.4 Å². The first-order valence-corrected chi connectivity index (χ1v) is 8.56. The zero-order valence-electron chi connectivity index (χ0n) is 14.2. The van der Waals surface area contributed by atoms with Gasteiger partial charge in [-0.25, -0.2) is 4.98 Å². The zero-order valence-corrected chi connectivity index (χ0v) is 15.0. The molecule has 7 nitrogen and oxygen atoms in total. The third-order valence-electron chi connectivity index (χ3n) is 4.05. The number of halogens is 1. The Morgan fingerprint density at radius 3 is 2.75 bits per heavy atom. The van der Waals surface area contributed by atoms with Crippen LogP contribution in [0.1, 0.15) is 5.56 Å². The highest BCUT2D eigenvalue weighted by Gasteiger charge is 2.12. The van der Waals surface area contributed by atoms with E-state index in [9.17, 15) is 15.2 Å². The van der Waals surface area contributed by atoms with E-state index in [0.717, 1.165) is 0 Å². The quantitative estimate of drug-likeness (QED) is 0.279. The van der Waals surface area contributed by atoms with Crippen LogP contribution in [0.3, 0.4) is 0 Å². The lowest BCUT2D eigenvalue weighted by Crippen LogP contribution is -1.90. The molecule has 0 aliphatic rings.